The fourth-order valence-corrected chi connectivity index (χ4v) is 5.19. The third-order valence-electron chi connectivity index (χ3n) is 6.69. The van der Waals surface area contributed by atoms with Crippen molar-refractivity contribution >= 4 is 11.9 Å². The summed E-state index contributed by atoms with van der Waals surface area (Å²) < 4.78 is 5.70. The Kier molecular flexibility index (Phi) is 5.34. The van der Waals surface area contributed by atoms with E-state index in [2.05, 4.69) is 53.4 Å². The number of carbonyl (C=O) groups is 2. The molecular formula is C25H26N2O4. The molecule has 0 unspecified atom stereocenters. The second-order valence-corrected chi connectivity index (χ2v) is 8.43. The largest absolute Gasteiger partial charge is 0.481 e. The summed E-state index contributed by atoms with van der Waals surface area (Å²) in [7, 11) is 0. The van der Waals surface area contributed by atoms with Gasteiger partial charge in [-0.2, -0.15) is 0 Å². The SMILES string of the molecule is O=C(O)[C@H]1[C@@H](C(=O)N2CCN(C(c3ccccc3)c3ccccc3)CC2)[C@H]2C=C[C@H]1O2. The molecule has 2 bridgehead atoms. The molecule has 160 valence electrons. The average molecular weight is 418 g/mol. The minimum Gasteiger partial charge on any atom is -0.481 e. The van der Waals surface area contributed by atoms with Gasteiger partial charge in [0.15, 0.2) is 0 Å². The summed E-state index contributed by atoms with van der Waals surface area (Å²) in [5.41, 5.74) is 2.46. The Bertz CT molecular complexity index is 930. The van der Waals surface area contributed by atoms with Crippen molar-refractivity contribution in [2.24, 2.45) is 11.8 Å². The zero-order valence-electron chi connectivity index (χ0n) is 17.2. The molecule has 0 saturated carbocycles. The standard InChI is InChI=1S/C25H26N2O4/c28-24(21-19-11-12-20(31-19)22(21)25(29)30)27-15-13-26(14-16-27)23(17-7-3-1-4-8-17)18-9-5-2-6-10-18/h1-12,19-23H,13-16H2,(H,29,30)/t19-,20-,21+,22-/m1/s1. The molecule has 3 heterocycles. The van der Waals surface area contributed by atoms with Crippen LogP contribution in [0.25, 0.3) is 0 Å². The van der Waals surface area contributed by atoms with Crippen LogP contribution in [0.1, 0.15) is 17.2 Å². The van der Waals surface area contributed by atoms with Crippen LogP contribution in [0.15, 0.2) is 72.8 Å². The maximum Gasteiger partial charge on any atom is 0.310 e. The Labute approximate surface area is 181 Å². The molecule has 2 fully saturated rings. The lowest BCUT2D eigenvalue weighted by Crippen LogP contribution is -2.53. The van der Waals surface area contributed by atoms with Crippen LogP contribution in [0.3, 0.4) is 0 Å². The van der Waals surface area contributed by atoms with Gasteiger partial charge in [0.25, 0.3) is 0 Å². The number of benzene rings is 2. The normalized spacial score (nSPS) is 27.7. The van der Waals surface area contributed by atoms with Gasteiger partial charge >= 0.3 is 5.97 Å². The van der Waals surface area contributed by atoms with Gasteiger partial charge < -0.3 is 14.7 Å². The Hall–Kier alpha value is -2.96. The molecule has 1 N–H and O–H groups in total. The Morgan fingerprint density at radius 2 is 1.32 bits per heavy atom. The number of carboxylic acids is 1. The third-order valence-corrected chi connectivity index (χ3v) is 6.69. The van der Waals surface area contributed by atoms with Gasteiger partial charge in [-0.05, 0) is 11.1 Å². The molecule has 31 heavy (non-hydrogen) atoms. The molecule has 3 aliphatic heterocycles. The highest BCUT2D eigenvalue weighted by molar-refractivity contribution is 5.87. The first-order valence-electron chi connectivity index (χ1n) is 10.8. The number of carboxylic acid groups (broad SMARTS) is 1. The van der Waals surface area contributed by atoms with Gasteiger partial charge in [-0.3, -0.25) is 14.5 Å². The van der Waals surface area contributed by atoms with E-state index in [9.17, 15) is 14.7 Å². The highest BCUT2D eigenvalue weighted by Crippen LogP contribution is 2.40. The van der Waals surface area contributed by atoms with E-state index < -0.39 is 30.0 Å². The number of rotatable bonds is 5. The first-order valence-corrected chi connectivity index (χ1v) is 10.8. The summed E-state index contributed by atoms with van der Waals surface area (Å²) in [5, 5.41) is 9.63. The number of hydrogen-bond acceptors (Lipinski definition) is 4. The number of aliphatic carboxylic acids is 1. The van der Waals surface area contributed by atoms with Crippen molar-refractivity contribution in [1.82, 2.24) is 9.80 Å². The van der Waals surface area contributed by atoms with Gasteiger partial charge in [-0.25, -0.2) is 0 Å². The van der Waals surface area contributed by atoms with Crippen molar-refractivity contribution in [1.29, 1.82) is 0 Å². The first-order chi connectivity index (χ1) is 15.1. The lowest BCUT2D eigenvalue weighted by atomic mass is 9.82. The van der Waals surface area contributed by atoms with Crippen LogP contribution in [0.5, 0.6) is 0 Å². The van der Waals surface area contributed by atoms with Crippen LogP contribution in [0, 0.1) is 11.8 Å². The summed E-state index contributed by atoms with van der Waals surface area (Å²) >= 11 is 0. The van der Waals surface area contributed by atoms with Crippen molar-refractivity contribution in [2.45, 2.75) is 18.2 Å². The van der Waals surface area contributed by atoms with E-state index in [-0.39, 0.29) is 11.9 Å². The highest BCUT2D eigenvalue weighted by Gasteiger charge is 2.54. The van der Waals surface area contributed by atoms with Crippen molar-refractivity contribution in [3.05, 3.63) is 83.9 Å². The molecule has 6 heteroatoms. The Morgan fingerprint density at radius 1 is 0.806 bits per heavy atom. The topological polar surface area (TPSA) is 70.1 Å². The molecule has 0 aliphatic carbocycles. The van der Waals surface area contributed by atoms with Gasteiger partial charge in [0.2, 0.25) is 5.91 Å². The summed E-state index contributed by atoms with van der Waals surface area (Å²) in [4.78, 5) is 29.2. The van der Waals surface area contributed by atoms with Crippen LogP contribution in [0.4, 0.5) is 0 Å². The van der Waals surface area contributed by atoms with Gasteiger partial charge in [-0.15, -0.1) is 0 Å². The molecule has 6 nitrogen and oxygen atoms in total. The number of amides is 1. The molecule has 5 rings (SSSR count). The van der Waals surface area contributed by atoms with Crippen molar-refractivity contribution in [3.63, 3.8) is 0 Å². The van der Waals surface area contributed by atoms with Crippen LogP contribution < -0.4 is 0 Å². The monoisotopic (exact) mass is 418 g/mol. The number of ether oxygens (including phenoxy) is 1. The zero-order chi connectivity index (χ0) is 21.4. The smallest absolute Gasteiger partial charge is 0.310 e. The summed E-state index contributed by atoms with van der Waals surface area (Å²) in [6.45, 7) is 2.63. The van der Waals surface area contributed by atoms with Gasteiger partial charge in [0.1, 0.15) is 5.92 Å². The number of hydrogen-bond donors (Lipinski definition) is 1. The van der Waals surface area contributed by atoms with Crippen LogP contribution in [0.2, 0.25) is 0 Å². The van der Waals surface area contributed by atoms with Gasteiger partial charge in [0, 0.05) is 26.2 Å². The van der Waals surface area contributed by atoms with Crippen molar-refractivity contribution < 1.29 is 19.4 Å². The fraction of sp³-hybridized carbons (Fsp3) is 0.360. The quantitative estimate of drug-likeness (QED) is 0.756. The zero-order valence-corrected chi connectivity index (χ0v) is 17.2. The third kappa shape index (κ3) is 3.66. The molecule has 0 radical (unpaired) electrons. The summed E-state index contributed by atoms with van der Waals surface area (Å²) in [5.74, 6) is -2.47. The molecule has 2 saturated heterocycles. The lowest BCUT2D eigenvalue weighted by Gasteiger charge is -2.41. The van der Waals surface area contributed by atoms with E-state index in [0.717, 1.165) is 13.1 Å². The molecule has 2 aromatic carbocycles. The van der Waals surface area contributed by atoms with Crippen molar-refractivity contribution in [3.8, 4) is 0 Å². The van der Waals surface area contributed by atoms with Gasteiger partial charge in [0.05, 0.1) is 24.2 Å². The number of nitrogens with zero attached hydrogens (tertiary/aromatic N) is 2. The fourth-order valence-electron chi connectivity index (χ4n) is 5.19. The van der Waals surface area contributed by atoms with Crippen LogP contribution >= 0.6 is 0 Å². The van der Waals surface area contributed by atoms with Crippen LogP contribution in [-0.2, 0) is 14.3 Å². The lowest BCUT2D eigenvalue weighted by molar-refractivity contribution is -0.150. The molecule has 4 atom stereocenters. The summed E-state index contributed by atoms with van der Waals surface area (Å²) in [6, 6.07) is 21.0. The average Bonchev–Trinajstić information content (AvgIpc) is 3.43. The second kappa shape index (κ2) is 8.29. The van der Waals surface area contributed by atoms with E-state index in [1.807, 2.05) is 23.1 Å². The van der Waals surface area contributed by atoms with Gasteiger partial charge in [-0.1, -0.05) is 72.8 Å². The predicted molar refractivity (Wildman–Crippen MR) is 115 cm³/mol. The van der Waals surface area contributed by atoms with E-state index in [4.69, 9.17) is 4.74 Å². The van der Waals surface area contributed by atoms with E-state index in [1.54, 1.807) is 6.08 Å². The molecule has 2 aromatic rings. The van der Waals surface area contributed by atoms with E-state index in [0.29, 0.717) is 13.1 Å². The Morgan fingerprint density at radius 3 is 1.84 bits per heavy atom. The summed E-state index contributed by atoms with van der Waals surface area (Å²) in [6.07, 6.45) is 2.70. The molecule has 0 aromatic heterocycles. The van der Waals surface area contributed by atoms with E-state index in [1.165, 1.54) is 11.1 Å². The minimum atomic E-state index is -0.956. The second-order valence-electron chi connectivity index (χ2n) is 8.43. The van der Waals surface area contributed by atoms with Crippen molar-refractivity contribution in [2.75, 3.05) is 26.2 Å². The number of fused-ring (bicyclic) bond motifs is 2. The number of piperazine rings is 1. The molecule has 0 spiro atoms. The first kappa shape index (κ1) is 20.0. The maximum atomic E-state index is 13.3. The molecular weight excluding hydrogens is 392 g/mol. The highest BCUT2D eigenvalue weighted by atomic mass is 16.5. The maximum absolute atomic E-state index is 13.3. The van der Waals surface area contributed by atoms with Crippen LogP contribution in [-0.4, -0.2) is 65.2 Å². The predicted octanol–water partition coefficient (Wildman–Crippen LogP) is 2.57. The Balaban J connectivity index is 1.32. The van der Waals surface area contributed by atoms with E-state index >= 15 is 0 Å². The number of carbonyl (C=O) groups excluding carboxylic acids is 1. The molecule has 1 amide bonds. The molecule has 3 aliphatic rings. The minimum absolute atomic E-state index is 0.0973.